The van der Waals surface area contributed by atoms with Crippen LogP contribution in [0.1, 0.15) is 47.7 Å². The third-order valence-corrected chi connectivity index (χ3v) is 4.57. The highest BCUT2D eigenvalue weighted by molar-refractivity contribution is 6.01. The van der Waals surface area contributed by atoms with E-state index in [1.165, 1.54) is 5.56 Å². The number of rotatable bonds is 8. The van der Waals surface area contributed by atoms with Crippen molar-refractivity contribution in [3.05, 3.63) is 64.7 Å². The van der Waals surface area contributed by atoms with Gasteiger partial charge in [-0.2, -0.15) is 0 Å². The van der Waals surface area contributed by atoms with Crippen molar-refractivity contribution in [2.75, 3.05) is 6.61 Å². The van der Waals surface area contributed by atoms with Gasteiger partial charge in [0.2, 0.25) is 0 Å². The number of nitrogens with two attached hydrogens (primary N) is 1. The lowest BCUT2D eigenvalue weighted by Gasteiger charge is -2.12. The molecule has 1 amide bonds. The van der Waals surface area contributed by atoms with Crippen molar-refractivity contribution in [3.8, 4) is 5.75 Å². The number of carbonyl (C=O) groups is 1. The summed E-state index contributed by atoms with van der Waals surface area (Å²) in [6.45, 7) is 2.16. The highest BCUT2D eigenvalue weighted by atomic mass is 19.1. The van der Waals surface area contributed by atoms with E-state index in [2.05, 4.69) is 24.2 Å². The average molecular weight is 388 g/mol. The highest BCUT2D eigenvalue weighted by Gasteiger charge is 2.25. The van der Waals surface area contributed by atoms with Crippen molar-refractivity contribution in [2.45, 2.75) is 38.7 Å². The topological polar surface area (TPSA) is 73.9 Å². The van der Waals surface area contributed by atoms with Crippen LogP contribution in [-0.2, 0) is 11.3 Å². The van der Waals surface area contributed by atoms with E-state index >= 15 is 0 Å². The minimum atomic E-state index is -1.19. The first-order valence-electron chi connectivity index (χ1n) is 9.22. The van der Waals surface area contributed by atoms with Crippen molar-refractivity contribution in [1.82, 2.24) is 0 Å². The number of primary amides is 1. The summed E-state index contributed by atoms with van der Waals surface area (Å²) in [4.78, 5) is 16.5. The Hall–Kier alpha value is -2.96. The predicted octanol–water partition coefficient (Wildman–Crippen LogP) is 3.98. The molecule has 0 fully saturated rings. The molecule has 7 heteroatoms. The number of ether oxygens (including phenoxy) is 1. The Labute approximate surface area is 162 Å². The molecule has 0 aromatic heterocycles. The Morgan fingerprint density at radius 2 is 2.00 bits per heavy atom. The Balaban J connectivity index is 1.58. The average Bonchev–Trinajstić information content (AvgIpc) is 3.15. The van der Waals surface area contributed by atoms with E-state index in [0.29, 0.717) is 6.42 Å². The molecule has 3 rings (SSSR count). The van der Waals surface area contributed by atoms with Gasteiger partial charge in [0.05, 0.1) is 5.71 Å². The normalized spacial score (nSPS) is 15.8. The largest absolute Gasteiger partial charge is 0.486 e. The van der Waals surface area contributed by atoms with E-state index in [4.69, 9.17) is 15.3 Å². The lowest BCUT2D eigenvalue weighted by atomic mass is 10.0. The molecule has 28 heavy (non-hydrogen) atoms. The Morgan fingerprint density at radius 3 is 2.68 bits per heavy atom. The summed E-state index contributed by atoms with van der Waals surface area (Å²) in [5.74, 6) is -3.59. The van der Waals surface area contributed by atoms with Crippen LogP contribution in [0.2, 0.25) is 0 Å². The van der Waals surface area contributed by atoms with Gasteiger partial charge in [0.15, 0.2) is 17.7 Å². The molecule has 2 aromatic rings. The van der Waals surface area contributed by atoms with Crippen LogP contribution >= 0.6 is 0 Å². The Kier molecular flexibility index (Phi) is 6.23. The van der Waals surface area contributed by atoms with Crippen LogP contribution < -0.4 is 10.5 Å². The Morgan fingerprint density at radius 1 is 1.25 bits per heavy atom. The number of aryl methyl sites for hydroxylation is 1. The fourth-order valence-corrected chi connectivity index (χ4v) is 2.99. The van der Waals surface area contributed by atoms with Gasteiger partial charge in [-0.1, -0.05) is 42.8 Å². The standard InChI is InChI=1S/C21H22F2N2O3/c1-2-3-4-13-5-7-14(8-6-13)17-11-15(28-25-17)12-27-18-10-9-16(22)19(20(18)23)21(24)26/h5-10,15H,2-4,11-12H2,1H3,(H2,24,26)/t15-/m0/s1. The number of unbranched alkanes of at least 4 members (excludes halogenated alkanes) is 1. The van der Waals surface area contributed by atoms with Gasteiger partial charge < -0.3 is 15.3 Å². The van der Waals surface area contributed by atoms with Crippen LogP contribution in [0.4, 0.5) is 8.78 Å². The van der Waals surface area contributed by atoms with Crippen LogP contribution in [0.3, 0.4) is 0 Å². The molecule has 1 aliphatic heterocycles. The first-order valence-corrected chi connectivity index (χ1v) is 9.22. The number of carbonyl (C=O) groups excluding carboxylic acids is 1. The SMILES string of the molecule is CCCCc1ccc(C2=NO[C@H](COc3ccc(F)c(C(N)=O)c3F)C2)cc1. The smallest absolute Gasteiger partial charge is 0.254 e. The monoisotopic (exact) mass is 388 g/mol. The fraction of sp³-hybridized carbons (Fsp3) is 0.333. The number of nitrogens with zero attached hydrogens (tertiary/aromatic N) is 1. The number of halogens is 2. The summed E-state index contributed by atoms with van der Waals surface area (Å²) in [6, 6.07) is 10.2. The molecule has 2 aromatic carbocycles. The number of hydrogen-bond acceptors (Lipinski definition) is 4. The first kappa shape index (κ1) is 19.8. The van der Waals surface area contributed by atoms with Gasteiger partial charge in [0, 0.05) is 6.42 Å². The summed E-state index contributed by atoms with van der Waals surface area (Å²) in [5.41, 5.74) is 7.22. The van der Waals surface area contributed by atoms with Crippen LogP contribution in [0, 0.1) is 11.6 Å². The molecule has 1 aliphatic rings. The van der Waals surface area contributed by atoms with Crippen molar-refractivity contribution in [1.29, 1.82) is 0 Å². The third kappa shape index (κ3) is 4.47. The minimum absolute atomic E-state index is 0.00232. The summed E-state index contributed by atoms with van der Waals surface area (Å²) in [6.07, 6.45) is 3.45. The van der Waals surface area contributed by atoms with E-state index in [1.807, 2.05) is 12.1 Å². The zero-order valence-electron chi connectivity index (χ0n) is 15.6. The quantitative estimate of drug-likeness (QED) is 0.743. The highest BCUT2D eigenvalue weighted by Crippen LogP contribution is 2.25. The van der Waals surface area contributed by atoms with Crippen LogP contribution in [0.5, 0.6) is 5.75 Å². The maximum absolute atomic E-state index is 14.2. The van der Waals surface area contributed by atoms with E-state index < -0.39 is 29.2 Å². The van der Waals surface area contributed by atoms with E-state index in [9.17, 15) is 13.6 Å². The molecule has 5 nitrogen and oxygen atoms in total. The van der Waals surface area contributed by atoms with E-state index in [1.54, 1.807) is 0 Å². The van der Waals surface area contributed by atoms with E-state index in [0.717, 1.165) is 42.7 Å². The van der Waals surface area contributed by atoms with Gasteiger partial charge in [-0.3, -0.25) is 4.79 Å². The number of oxime groups is 1. The molecule has 0 unspecified atom stereocenters. The minimum Gasteiger partial charge on any atom is -0.486 e. The molecule has 0 spiro atoms. The molecular weight excluding hydrogens is 366 g/mol. The van der Waals surface area contributed by atoms with Gasteiger partial charge in [-0.25, -0.2) is 8.78 Å². The lowest BCUT2D eigenvalue weighted by Crippen LogP contribution is -2.20. The zero-order chi connectivity index (χ0) is 20.1. The molecule has 0 saturated carbocycles. The molecule has 148 valence electrons. The molecule has 0 aliphatic carbocycles. The molecule has 1 atom stereocenters. The summed E-state index contributed by atoms with van der Waals surface area (Å²) in [7, 11) is 0. The second-order valence-corrected chi connectivity index (χ2v) is 6.68. The van der Waals surface area contributed by atoms with Gasteiger partial charge >= 0.3 is 0 Å². The molecular formula is C21H22F2N2O3. The van der Waals surface area contributed by atoms with E-state index in [-0.39, 0.29) is 12.4 Å². The van der Waals surface area contributed by atoms with Gasteiger partial charge in [-0.15, -0.1) is 0 Å². The number of hydrogen-bond donors (Lipinski definition) is 1. The van der Waals surface area contributed by atoms with Gasteiger partial charge in [-0.05, 0) is 36.1 Å². The van der Waals surface area contributed by atoms with Crippen LogP contribution in [0.15, 0.2) is 41.6 Å². The number of amides is 1. The van der Waals surface area contributed by atoms with Crippen molar-refractivity contribution < 1.29 is 23.1 Å². The van der Waals surface area contributed by atoms with Crippen LogP contribution in [0.25, 0.3) is 0 Å². The summed E-state index contributed by atoms with van der Waals surface area (Å²) in [5, 5.41) is 4.08. The number of benzene rings is 2. The van der Waals surface area contributed by atoms with Crippen LogP contribution in [-0.4, -0.2) is 24.3 Å². The summed E-state index contributed by atoms with van der Waals surface area (Å²) >= 11 is 0. The van der Waals surface area contributed by atoms with Gasteiger partial charge in [0.1, 0.15) is 18.0 Å². The second-order valence-electron chi connectivity index (χ2n) is 6.68. The Bertz CT molecular complexity index is 882. The van der Waals surface area contributed by atoms with Crippen molar-refractivity contribution in [2.24, 2.45) is 10.9 Å². The lowest BCUT2D eigenvalue weighted by molar-refractivity contribution is 0.0458. The maximum atomic E-state index is 14.2. The molecule has 2 N–H and O–H groups in total. The second kappa shape index (κ2) is 8.82. The zero-order valence-corrected chi connectivity index (χ0v) is 15.6. The molecule has 0 radical (unpaired) electrons. The van der Waals surface area contributed by atoms with Gasteiger partial charge in [0.25, 0.3) is 5.91 Å². The summed E-state index contributed by atoms with van der Waals surface area (Å²) < 4.78 is 33.1. The third-order valence-electron chi connectivity index (χ3n) is 4.57. The predicted molar refractivity (Wildman–Crippen MR) is 101 cm³/mol. The van der Waals surface area contributed by atoms with Crippen molar-refractivity contribution >= 4 is 11.6 Å². The maximum Gasteiger partial charge on any atom is 0.254 e. The molecule has 1 heterocycles. The van der Waals surface area contributed by atoms with Crippen molar-refractivity contribution in [3.63, 3.8) is 0 Å². The molecule has 0 saturated heterocycles. The first-order chi connectivity index (χ1) is 13.5. The fourth-order valence-electron chi connectivity index (χ4n) is 2.99. The molecule has 0 bridgehead atoms.